The van der Waals surface area contributed by atoms with Crippen molar-refractivity contribution in [3.8, 4) is 0 Å². The number of rotatable bonds is 4. The van der Waals surface area contributed by atoms with Gasteiger partial charge >= 0.3 is 11.9 Å². The van der Waals surface area contributed by atoms with Gasteiger partial charge in [-0.1, -0.05) is 12.1 Å². The Hall–Kier alpha value is -1.91. The summed E-state index contributed by atoms with van der Waals surface area (Å²) in [7, 11) is 0. The quantitative estimate of drug-likeness (QED) is 0.885. The molecule has 2 N–H and O–H groups in total. The number of aliphatic carboxylic acids is 2. The zero-order chi connectivity index (χ0) is 17.1. The Morgan fingerprint density at radius 1 is 1.04 bits per heavy atom. The van der Waals surface area contributed by atoms with Crippen molar-refractivity contribution in [2.75, 3.05) is 0 Å². The van der Waals surface area contributed by atoms with Crippen molar-refractivity contribution in [1.29, 1.82) is 0 Å². The first-order valence-electron chi connectivity index (χ1n) is 8.57. The molecule has 128 valence electrons. The smallest absolute Gasteiger partial charge is 0.309 e. The summed E-state index contributed by atoms with van der Waals surface area (Å²) >= 11 is 0. The third-order valence-electron chi connectivity index (χ3n) is 6.93. The molecule has 4 nitrogen and oxygen atoms in total. The zero-order valence-electron chi connectivity index (χ0n) is 13.4. The molecule has 2 unspecified atom stereocenters. The third kappa shape index (κ3) is 2.03. The molecule has 0 aromatic heterocycles. The van der Waals surface area contributed by atoms with E-state index in [-0.39, 0.29) is 24.1 Å². The zero-order valence-corrected chi connectivity index (χ0v) is 13.4. The highest BCUT2D eigenvalue weighted by Gasteiger charge is 2.65. The molecule has 5 heteroatoms. The van der Waals surface area contributed by atoms with E-state index in [1.54, 1.807) is 12.1 Å². The third-order valence-corrected chi connectivity index (χ3v) is 6.93. The number of halogens is 1. The van der Waals surface area contributed by atoms with Crippen LogP contribution in [0.1, 0.15) is 44.1 Å². The van der Waals surface area contributed by atoms with E-state index in [0.29, 0.717) is 18.8 Å². The van der Waals surface area contributed by atoms with Gasteiger partial charge in [-0.3, -0.25) is 9.59 Å². The maximum Gasteiger partial charge on any atom is 0.309 e. The maximum atomic E-state index is 13.4. The second-order valence-corrected chi connectivity index (χ2v) is 8.05. The van der Waals surface area contributed by atoms with Crippen LogP contribution in [0.5, 0.6) is 0 Å². The Balaban J connectivity index is 1.82. The van der Waals surface area contributed by atoms with Gasteiger partial charge in [-0.2, -0.15) is 0 Å². The highest BCUT2D eigenvalue weighted by molar-refractivity contribution is 5.76. The van der Waals surface area contributed by atoms with Crippen LogP contribution in [0.2, 0.25) is 0 Å². The molecule has 0 aliphatic heterocycles. The van der Waals surface area contributed by atoms with Crippen molar-refractivity contribution in [2.24, 2.45) is 23.2 Å². The van der Waals surface area contributed by atoms with E-state index in [1.165, 1.54) is 12.1 Å². The van der Waals surface area contributed by atoms with Gasteiger partial charge in [0.1, 0.15) is 5.82 Å². The number of carboxylic acids is 2. The van der Waals surface area contributed by atoms with Crippen LogP contribution in [0.25, 0.3) is 0 Å². The maximum absolute atomic E-state index is 13.4. The number of hydrogen-bond donors (Lipinski definition) is 2. The van der Waals surface area contributed by atoms with E-state index >= 15 is 0 Å². The molecular formula is C19H21FO4. The van der Waals surface area contributed by atoms with Gasteiger partial charge in [0.25, 0.3) is 0 Å². The molecule has 4 saturated carbocycles. The van der Waals surface area contributed by atoms with Crippen LogP contribution in [0, 0.1) is 29.0 Å². The molecule has 4 bridgehead atoms. The molecule has 0 spiro atoms. The largest absolute Gasteiger partial charge is 0.481 e. The molecule has 0 saturated heterocycles. The normalized spacial score (nSPS) is 39.8. The molecule has 1 aromatic carbocycles. The molecule has 24 heavy (non-hydrogen) atoms. The van der Waals surface area contributed by atoms with Crippen LogP contribution in [-0.4, -0.2) is 22.2 Å². The molecule has 4 fully saturated rings. The van der Waals surface area contributed by atoms with Gasteiger partial charge in [0.2, 0.25) is 0 Å². The molecule has 0 heterocycles. The summed E-state index contributed by atoms with van der Waals surface area (Å²) in [6, 6.07) is 6.18. The van der Waals surface area contributed by atoms with Crippen LogP contribution in [-0.2, 0) is 15.0 Å². The Bertz CT molecular complexity index is 680. The number of carbonyl (C=O) groups is 2. The summed E-state index contributed by atoms with van der Waals surface area (Å²) in [4.78, 5) is 23.6. The minimum absolute atomic E-state index is 0.00359. The van der Waals surface area contributed by atoms with Crippen molar-refractivity contribution in [3.05, 3.63) is 35.6 Å². The van der Waals surface area contributed by atoms with Crippen molar-refractivity contribution < 1.29 is 24.2 Å². The van der Waals surface area contributed by atoms with Gasteiger partial charge in [0.05, 0.1) is 11.8 Å². The second-order valence-electron chi connectivity index (χ2n) is 8.05. The summed E-state index contributed by atoms with van der Waals surface area (Å²) < 4.78 is 13.4. The van der Waals surface area contributed by atoms with Crippen molar-refractivity contribution >= 4 is 11.9 Å². The van der Waals surface area contributed by atoms with Gasteiger partial charge in [-0.05, 0) is 67.6 Å². The number of benzene rings is 1. The highest BCUT2D eigenvalue weighted by atomic mass is 19.1. The van der Waals surface area contributed by atoms with Crippen LogP contribution >= 0.6 is 0 Å². The Kier molecular flexibility index (Phi) is 3.28. The summed E-state index contributed by atoms with van der Waals surface area (Å²) in [6.07, 6.45) is 3.57. The topological polar surface area (TPSA) is 74.6 Å². The Morgan fingerprint density at radius 2 is 1.62 bits per heavy atom. The summed E-state index contributed by atoms with van der Waals surface area (Å²) in [5, 5.41) is 19.3. The molecule has 2 atom stereocenters. The lowest BCUT2D eigenvalue weighted by Gasteiger charge is -2.64. The first-order valence-corrected chi connectivity index (χ1v) is 8.57. The van der Waals surface area contributed by atoms with Gasteiger partial charge in [0, 0.05) is 5.41 Å². The lowest BCUT2D eigenvalue weighted by Crippen LogP contribution is -2.61. The molecule has 4 aliphatic carbocycles. The molecule has 4 aliphatic rings. The molecule has 1 aromatic rings. The van der Waals surface area contributed by atoms with Crippen molar-refractivity contribution in [3.63, 3.8) is 0 Å². The minimum Gasteiger partial charge on any atom is -0.481 e. The van der Waals surface area contributed by atoms with Crippen LogP contribution in [0.4, 0.5) is 4.39 Å². The van der Waals surface area contributed by atoms with E-state index in [4.69, 9.17) is 0 Å². The van der Waals surface area contributed by atoms with Crippen LogP contribution < -0.4 is 0 Å². The highest BCUT2D eigenvalue weighted by Crippen LogP contribution is 2.68. The van der Waals surface area contributed by atoms with E-state index in [9.17, 15) is 24.2 Å². The minimum atomic E-state index is -0.865. The average Bonchev–Trinajstić information content (AvgIpc) is 2.51. The predicted octanol–water partition coefficient (Wildman–Crippen LogP) is 3.45. The van der Waals surface area contributed by atoms with E-state index in [1.807, 2.05) is 0 Å². The van der Waals surface area contributed by atoms with Gasteiger partial charge in [-0.25, -0.2) is 4.39 Å². The fraction of sp³-hybridized carbons (Fsp3) is 0.579. The Labute approximate surface area is 139 Å². The van der Waals surface area contributed by atoms with Gasteiger partial charge in [0.15, 0.2) is 0 Å². The fourth-order valence-electron chi connectivity index (χ4n) is 6.23. The van der Waals surface area contributed by atoms with Crippen molar-refractivity contribution in [1.82, 2.24) is 0 Å². The molecule has 0 radical (unpaired) electrons. The predicted molar refractivity (Wildman–Crippen MR) is 84.0 cm³/mol. The summed E-state index contributed by atoms with van der Waals surface area (Å²) in [6.45, 7) is 0. The SMILES string of the molecule is O=C(O)C[C@]1(c2ccc(F)cc2)C2CC3CC1C[C@](C(=O)O)(C3)C2. The lowest BCUT2D eigenvalue weighted by atomic mass is 9.39. The second kappa shape index (κ2) is 5.04. The van der Waals surface area contributed by atoms with E-state index in [0.717, 1.165) is 24.8 Å². The average molecular weight is 332 g/mol. The molecular weight excluding hydrogens is 311 g/mol. The van der Waals surface area contributed by atoms with Crippen molar-refractivity contribution in [2.45, 2.75) is 43.9 Å². The monoisotopic (exact) mass is 332 g/mol. The summed E-state index contributed by atoms with van der Waals surface area (Å²) in [5.74, 6) is -1.47. The van der Waals surface area contributed by atoms with Gasteiger partial charge in [-0.15, -0.1) is 0 Å². The first kappa shape index (κ1) is 15.6. The molecule has 0 amide bonds. The molecule has 5 rings (SSSR count). The Morgan fingerprint density at radius 3 is 2.12 bits per heavy atom. The summed E-state index contributed by atoms with van der Waals surface area (Å²) in [5.41, 5.74) is -0.380. The van der Waals surface area contributed by atoms with E-state index < -0.39 is 22.8 Å². The fourth-order valence-corrected chi connectivity index (χ4v) is 6.23. The number of hydrogen-bond acceptors (Lipinski definition) is 2. The van der Waals surface area contributed by atoms with E-state index in [2.05, 4.69) is 0 Å². The first-order chi connectivity index (χ1) is 11.4. The van der Waals surface area contributed by atoms with Crippen LogP contribution in [0.3, 0.4) is 0 Å². The van der Waals surface area contributed by atoms with Crippen LogP contribution in [0.15, 0.2) is 24.3 Å². The standard InChI is InChI=1S/C19H21FO4/c20-15-3-1-12(2-4-15)19(10-16(21)22)13-5-11-6-14(19)9-18(7-11,8-13)17(23)24/h1-4,11,13-14H,5-10H2,(H,21,22)(H,23,24)/t11?,13?,14?,18-,19-. The number of carboxylic acid groups (broad SMARTS) is 2. The lowest BCUT2D eigenvalue weighted by molar-refractivity contribution is -0.177. The van der Waals surface area contributed by atoms with Gasteiger partial charge < -0.3 is 10.2 Å².